The minimum Gasteiger partial charge on any atom is -0.465 e. The van der Waals surface area contributed by atoms with E-state index in [1.807, 2.05) is 0 Å². The van der Waals surface area contributed by atoms with E-state index in [0.29, 0.717) is 0 Å². The van der Waals surface area contributed by atoms with Gasteiger partial charge in [-0.25, -0.2) is 18.0 Å². The third kappa shape index (κ3) is 7.95. The zero-order chi connectivity index (χ0) is 34.2. The van der Waals surface area contributed by atoms with Crippen LogP contribution in [-0.4, -0.2) is 94.0 Å². The zero-order valence-corrected chi connectivity index (χ0v) is 29.0. The van der Waals surface area contributed by atoms with Crippen molar-refractivity contribution in [2.45, 2.75) is 57.3 Å². The van der Waals surface area contributed by atoms with E-state index in [0.717, 1.165) is 15.7 Å². The highest BCUT2D eigenvalue weighted by atomic mass is 79.9. The first-order chi connectivity index (χ1) is 21.3. The van der Waals surface area contributed by atoms with E-state index in [2.05, 4.69) is 40.8 Å². The predicted molar refractivity (Wildman–Crippen MR) is 169 cm³/mol. The summed E-state index contributed by atoms with van der Waals surface area (Å²) in [4.78, 5) is 27.3. The summed E-state index contributed by atoms with van der Waals surface area (Å²) >= 11 is 3.31. The van der Waals surface area contributed by atoms with Crippen LogP contribution in [0.15, 0.2) is 35.1 Å². The van der Waals surface area contributed by atoms with E-state index in [9.17, 15) is 28.0 Å². The van der Waals surface area contributed by atoms with Crippen molar-refractivity contribution < 1.29 is 46.5 Å². The van der Waals surface area contributed by atoms with Gasteiger partial charge in [-0.05, 0) is 52.0 Å². The fourth-order valence-electron chi connectivity index (χ4n) is 4.58. The van der Waals surface area contributed by atoms with Crippen molar-refractivity contribution >= 4 is 62.6 Å². The third-order valence-electron chi connectivity index (χ3n) is 6.70. The van der Waals surface area contributed by atoms with Crippen LogP contribution < -0.4 is 25.2 Å². The highest BCUT2D eigenvalue weighted by Crippen LogP contribution is 2.48. The predicted octanol–water partition coefficient (Wildman–Crippen LogP) is 1.22. The molecule has 0 spiro atoms. The number of halogens is 1. The fourth-order valence-corrected chi connectivity index (χ4v) is 7.11. The monoisotopic (exact) mass is 750 g/mol. The lowest BCUT2D eigenvalue weighted by Crippen LogP contribution is -2.47. The van der Waals surface area contributed by atoms with Crippen molar-refractivity contribution in [1.82, 2.24) is 29.4 Å². The van der Waals surface area contributed by atoms with Crippen LogP contribution in [0.25, 0.3) is 11.2 Å². The summed E-state index contributed by atoms with van der Waals surface area (Å²) in [6.07, 6.45) is -2.04. The molecule has 5 atom stereocenters. The number of fused-ring (bicyclic) bond motifs is 1. The molecule has 1 fully saturated rings. The fraction of sp³-hybridized carbons (Fsp3) is 0.520. The molecule has 1 aliphatic rings. The number of anilines is 2. The van der Waals surface area contributed by atoms with Gasteiger partial charge in [-0.3, -0.25) is 18.9 Å². The number of hydrazine groups is 1. The molecular formula is C25H36BrN8O10PS. The number of aliphatic hydroxyl groups excluding tert-OH is 1. The SMILES string of the molecule is CCOC(=O)C(C)(C)NP(=O)(OCC1OC(n2cnc3c(N(C)NS(C)(=O)=O)nc(N)nc32)[C@](C)(O)[C@@H]1O)Oc1ccc(Br)cc1. The molecule has 3 heterocycles. The van der Waals surface area contributed by atoms with Crippen LogP contribution in [0, 0.1) is 0 Å². The first-order valence-corrected chi connectivity index (χ1v) is 17.9. The lowest BCUT2D eigenvalue weighted by Gasteiger charge is -2.30. The number of carbonyl (C=O) groups is 1. The number of hydrogen-bond acceptors (Lipinski definition) is 15. The highest BCUT2D eigenvalue weighted by molar-refractivity contribution is 9.10. The highest BCUT2D eigenvalue weighted by Gasteiger charge is 2.54. The Morgan fingerprint density at radius 3 is 2.57 bits per heavy atom. The number of nitrogens with zero attached hydrogens (tertiary/aromatic N) is 5. The topological polar surface area (TPSA) is 243 Å². The number of ether oxygens (including phenoxy) is 2. The Labute approximate surface area is 273 Å². The number of carbonyl (C=O) groups excluding carboxylic acids is 1. The van der Waals surface area contributed by atoms with Gasteiger partial charge in [0, 0.05) is 11.5 Å². The Kier molecular flexibility index (Phi) is 10.4. The number of benzene rings is 1. The number of esters is 1. The minimum absolute atomic E-state index is 0.00562. The standard InChI is InChI=1S/C25H36BrN8O10PS/c1-7-41-22(36)24(2,3)31-45(38,44-15-10-8-14(26)9-11-15)42-12-16-18(35)25(4,37)21(43-16)34-13-28-17-19(29-23(27)30-20(17)34)33(5)32-46(6,39)40/h8-11,13,16,18,21,32,35,37H,7,12H2,1-6H3,(H,31,38)(H2,27,29,30)/t16?,18-,21?,25-,45?/m1/s1. The first kappa shape index (κ1) is 35.9. The molecule has 1 aromatic carbocycles. The van der Waals surface area contributed by atoms with Gasteiger partial charge in [0.25, 0.3) is 0 Å². The molecule has 0 radical (unpaired) electrons. The van der Waals surface area contributed by atoms with E-state index < -0.39 is 59.9 Å². The van der Waals surface area contributed by atoms with Crippen LogP contribution in [0.4, 0.5) is 11.8 Å². The number of nitrogens with one attached hydrogen (secondary N) is 2. The molecule has 6 N–H and O–H groups in total. The number of aliphatic hydroxyl groups is 2. The molecule has 46 heavy (non-hydrogen) atoms. The van der Waals surface area contributed by atoms with Gasteiger partial charge < -0.3 is 29.9 Å². The molecule has 1 saturated heterocycles. The molecule has 4 rings (SSSR count). The van der Waals surface area contributed by atoms with E-state index in [4.69, 9.17) is 24.3 Å². The molecule has 21 heteroatoms. The van der Waals surface area contributed by atoms with Crippen LogP contribution in [0.2, 0.25) is 0 Å². The maximum Gasteiger partial charge on any atom is 0.459 e. The Morgan fingerprint density at radius 1 is 1.30 bits per heavy atom. The quantitative estimate of drug-likeness (QED) is 0.0937. The van der Waals surface area contributed by atoms with Gasteiger partial charge in [0.1, 0.15) is 29.1 Å². The molecular weight excluding hydrogens is 715 g/mol. The lowest BCUT2D eigenvalue weighted by molar-refractivity contribution is -0.149. The number of imidazole rings is 1. The number of aromatic nitrogens is 4. The van der Waals surface area contributed by atoms with E-state index in [1.54, 1.807) is 19.1 Å². The molecule has 18 nitrogen and oxygen atoms in total. The van der Waals surface area contributed by atoms with Crippen LogP contribution >= 0.6 is 23.7 Å². The maximum atomic E-state index is 14.1. The number of nitrogens with two attached hydrogens (primary N) is 1. The van der Waals surface area contributed by atoms with Crippen LogP contribution in [0.5, 0.6) is 5.75 Å². The van der Waals surface area contributed by atoms with Crippen LogP contribution in [0.1, 0.15) is 33.9 Å². The van der Waals surface area contributed by atoms with E-state index in [1.165, 1.54) is 50.8 Å². The number of hydrogen-bond donors (Lipinski definition) is 5. The van der Waals surface area contributed by atoms with E-state index in [-0.39, 0.29) is 35.3 Å². The van der Waals surface area contributed by atoms with Gasteiger partial charge in [0.05, 0.1) is 25.8 Å². The molecule has 0 amide bonds. The van der Waals surface area contributed by atoms with Crippen LogP contribution in [0.3, 0.4) is 0 Å². The van der Waals surface area contributed by atoms with Crippen molar-refractivity contribution in [3.8, 4) is 5.75 Å². The molecule has 254 valence electrons. The molecule has 3 aromatic rings. The largest absolute Gasteiger partial charge is 0.465 e. The summed E-state index contributed by atoms with van der Waals surface area (Å²) in [6.45, 7) is 5.29. The average Bonchev–Trinajstić information content (AvgIpc) is 3.44. The summed E-state index contributed by atoms with van der Waals surface area (Å²) in [5.74, 6) is -0.815. The summed E-state index contributed by atoms with van der Waals surface area (Å²) in [5, 5.41) is 26.2. The maximum absolute atomic E-state index is 14.1. The van der Waals surface area contributed by atoms with Crippen molar-refractivity contribution in [3.63, 3.8) is 0 Å². The van der Waals surface area contributed by atoms with Crippen molar-refractivity contribution in [3.05, 3.63) is 35.1 Å². The molecule has 2 aromatic heterocycles. The first-order valence-electron chi connectivity index (χ1n) is 13.7. The van der Waals surface area contributed by atoms with Crippen molar-refractivity contribution in [2.75, 3.05) is 37.3 Å². The smallest absolute Gasteiger partial charge is 0.459 e. The lowest BCUT2D eigenvalue weighted by atomic mass is 9.96. The second-order valence-electron chi connectivity index (χ2n) is 11.1. The van der Waals surface area contributed by atoms with Crippen molar-refractivity contribution in [1.29, 1.82) is 0 Å². The van der Waals surface area contributed by atoms with Gasteiger partial charge in [0.2, 0.25) is 16.0 Å². The van der Waals surface area contributed by atoms with E-state index >= 15 is 0 Å². The molecule has 3 unspecified atom stereocenters. The second kappa shape index (κ2) is 13.3. The Hall–Kier alpha value is -2.94. The van der Waals surface area contributed by atoms with Crippen LogP contribution in [-0.2, 0) is 33.4 Å². The Morgan fingerprint density at radius 2 is 1.96 bits per heavy atom. The van der Waals surface area contributed by atoms with Gasteiger partial charge in [-0.2, -0.15) is 15.1 Å². The summed E-state index contributed by atoms with van der Waals surface area (Å²) in [5.41, 5.74) is 2.52. The summed E-state index contributed by atoms with van der Waals surface area (Å²) in [7, 11) is -6.70. The number of rotatable bonds is 13. The van der Waals surface area contributed by atoms with Gasteiger partial charge in [-0.15, -0.1) is 4.83 Å². The van der Waals surface area contributed by atoms with Gasteiger partial charge in [-0.1, -0.05) is 15.9 Å². The zero-order valence-electron chi connectivity index (χ0n) is 25.7. The number of sulfonamides is 1. The molecule has 1 aliphatic heterocycles. The normalized spacial score (nSPS) is 23.3. The van der Waals surface area contributed by atoms with Gasteiger partial charge >= 0.3 is 13.7 Å². The Balaban J connectivity index is 1.62. The average molecular weight is 752 g/mol. The number of nitrogen functional groups attached to an aromatic ring is 1. The molecule has 0 bridgehead atoms. The van der Waals surface area contributed by atoms with Gasteiger partial charge in [0.15, 0.2) is 23.2 Å². The Bertz CT molecular complexity index is 1740. The third-order valence-corrected chi connectivity index (χ3v) is 9.61. The molecule has 0 aliphatic carbocycles. The summed E-state index contributed by atoms with van der Waals surface area (Å²) < 4.78 is 62.2. The summed E-state index contributed by atoms with van der Waals surface area (Å²) in [6, 6.07) is 6.34. The molecule has 0 saturated carbocycles. The second-order valence-corrected chi connectivity index (χ2v) is 15.4. The van der Waals surface area contributed by atoms with Crippen molar-refractivity contribution in [2.24, 2.45) is 0 Å². The minimum atomic E-state index is -4.39.